The number of halogens is 3. The van der Waals surface area contributed by atoms with Gasteiger partial charge in [-0.2, -0.15) is 0 Å². The molecule has 2 aromatic rings. The summed E-state index contributed by atoms with van der Waals surface area (Å²) in [5.41, 5.74) is 1.24. The maximum Gasteiger partial charge on any atom is 0.228 e. The minimum Gasteiger partial charge on any atom is -0.379 e. The molecule has 9 heteroatoms. The number of amides is 1. The van der Waals surface area contributed by atoms with Crippen LogP contribution in [0.2, 0.25) is 0 Å². The van der Waals surface area contributed by atoms with Gasteiger partial charge in [-0.3, -0.25) is 4.79 Å². The number of carbonyl (C=O) groups excluding carboxylic acids is 1. The van der Waals surface area contributed by atoms with E-state index >= 15 is 0 Å². The van der Waals surface area contributed by atoms with Crippen molar-refractivity contribution in [2.45, 2.75) is 37.8 Å². The van der Waals surface area contributed by atoms with Crippen LogP contribution in [0.25, 0.3) is 0 Å². The van der Waals surface area contributed by atoms with Crippen molar-refractivity contribution in [1.82, 2.24) is 14.0 Å². The molecule has 156 valence electrons. The Morgan fingerprint density at radius 1 is 1.31 bits per heavy atom. The number of ether oxygens (including phenoxy) is 1. The topological polar surface area (TPSA) is 39.4 Å². The zero-order valence-electron chi connectivity index (χ0n) is 16.3. The molecule has 1 fully saturated rings. The van der Waals surface area contributed by atoms with Gasteiger partial charge in [-0.1, -0.05) is 0 Å². The van der Waals surface area contributed by atoms with Gasteiger partial charge in [0.1, 0.15) is 5.82 Å². The zero-order valence-corrected chi connectivity index (χ0v) is 17.1. The Morgan fingerprint density at radius 3 is 2.72 bits per heavy atom. The van der Waals surface area contributed by atoms with Crippen LogP contribution in [0, 0.1) is 22.2 Å². The van der Waals surface area contributed by atoms with Crippen molar-refractivity contribution >= 4 is 18.1 Å². The summed E-state index contributed by atoms with van der Waals surface area (Å²) < 4.78 is 51.6. The van der Waals surface area contributed by atoms with Crippen molar-refractivity contribution in [3.63, 3.8) is 0 Å². The van der Waals surface area contributed by atoms with Gasteiger partial charge in [-0.25, -0.2) is 13.2 Å². The number of fused-ring (bicyclic) bond motifs is 1. The third-order valence-electron chi connectivity index (χ3n) is 6.08. The van der Waals surface area contributed by atoms with E-state index in [2.05, 4.69) is 0 Å². The van der Waals surface area contributed by atoms with Crippen LogP contribution in [0.3, 0.4) is 0 Å². The average Bonchev–Trinajstić information content (AvgIpc) is 3.41. The SMILES string of the molecule is CN(C(=O)Cc1c2n(c(=S)n1C)C[C@@H](c1c(F)ccc(F)c1F)C2)[C@@H]1CCOC1. The third kappa shape index (κ3) is 3.40. The number of nitrogens with zero attached hydrogens (tertiary/aromatic N) is 3. The highest BCUT2D eigenvalue weighted by atomic mass is 32.1. The van der Waals surface area contributed by atoms with Crippen LogP contribution in [-0.2, 0) is 36.0 Å². The number of hydrogen-bond acceptors (Lipinski definition) is 3. The van der Waals surface area contributed by atoms with Crippen LogP contribution >= 0.6 is 12.2 Å². The predicted molar refractivity (Wildman–Crippen MR) is 103 cm³/mol. The number of aromatic nitrogens is 2. The van der Waals surface area contributed by atoms with Gasteiger partial charge in [0.05, 0.1) is 19.1 Å². The lowest BCUT2D eigenvalue weighted by Gasteiger charge is -2.23. The van der Waals surface area contributed by atoms with Gasteiger partial charge < -0.3 is 18.8 Å². The van der Waals surface area contributed by atoms with Crippen LogP contribution in [0.5, 0.6) is 0 Å². The van der Waals surface area contributed by atoms with E-state index in [4.69, 9.17) is 17.0 Å². The maximum absolute atomic E-state index is 14.3. The molecule has 0 unspecified atom stereocenters. The minimum atomic E-state index is -1.16. The highest BCUT2D eigenvalue weighted by molar-refractivity contribution is 7.71. The first-order chi connectivity index (χ1) is 13.8. The summed E-state index contributed by atoms with van der Waals surface area (Å²) in [4.78, 5) is 14.5. The van der Waals surface area contributed by atoms with E-state index in [1.165, 1.54) is 0 Å². The molecule has 1 aromatic heterocycles. The first kappa shape index (κ1) is 20.2. The first-order valence-electron chi connectivity index (χ1n) is 9.53. The number of benzene rings is 1. The van der Waals surface area contributed by atoms with Gasteiger partial charge in [0.25, 0.3) is 0 Å². The fourth-order valence-corrected chi connectivity index (χ4v) is 4.62. The minimum absolute atomic E-state index is 0.0506. The smallest absolute Gasteiger partial charge is 0.228 e. The number of carbonyl (C=O) groups is 1. The van der Waals surface area contributed by atoms with Gasteiger partial charge >= 0.3 is 0 Å². The molecule has 3 heterocycles. The molecule has 29 heavy (non-hydrogen) atoms. The Balaban J connectivity index is 1.62. The van der Waals surface area contributed by atoms with Crippen molar-refractivity contribution in [3.05, 3.63) is 51.3 Å². The lowest BCUT2D eigenvalue weighted by atomic mass is 9.95. The number of imidazole rings is 1. The lowest BCUT2D eigenvalue weighted by Crippen LogP contribution is -2.38. The normalized spacial score (nSPS) is 20.9. The molecule has 0 bridgehead atoms. The summed E-state index contributed by atoms with van der Waals surface area (Å²) in [5, 5.41) is 0. The molecule has 2 aliphatic heterocycles. The predicted octanol–water partition coefficient (Wildman–Crippen LogP) is 3.10. The Bertz CT molecular complexity index is 1030. The fraction of sp³-hybridized carbons (Fsp3) is 0.500. The summed E-state index contributed by atoms with van der Waals surface area (Å²) >= 11 is 5.48. The molecule has 1 saturated heterocycles. The molecule has 2 atom stereocenters. The second-order valence-electron chi connectivity index (χ2n) is 7.70. The van der Waals surface area contributed by atoms with Crippen LogP contribution in [-0.4, -0.2) is 46.2 Å². The highest BCUT2D eigenvalue weighted by Gasteiger charge is 2.34. The first-order valence-corrected chi connectivity index (χ1v) is 9.94. The highest BCUT2D eigenvalue weighted by Crippen LogP contribution is 2.36. The summed E-state index contributed by atoms with van der Waals surface area (Å²) in [6.07, 6.45) is 1.23. The second kappa shape index (κ2) is 7.60. The molecule has 0 aliphatic carbocycles. The molecular weight excluding hydrogens is 403 g/mol. The quantitative estimate of drug-likeness (QED) is 0.558. The van der Waals surface area contributed by atoms with E-state index in [9.17, 15) is 18.0 Å². The molecule has 0 radical (unpaired) electrons. The Hall–Kier alpha value is -2.13. The standard InChI is InChI=1S/C20H22F3N3O2S/c1-24(12-5-6-28-10-12)17(27)8-15-16-7-11(9-26(16)20(29)25(15)2)18-13(21)3-4-14(22)19(18)23/h3-4,11-12H,5-10H2,1-2H3/t11-,12+/m0/s1. The Labute approximate surface area is 171 Å². The molecular formula is C20H22F3N3O2S. The van der Waals surface area contributed by atoms with Crippen LogP contribution in [0.15, 0.2) is 12.1 Å². The maximum atomic E-state index is 14.3. The van der Waals surface area contributed by atoms with E-state index in [0.717, 1.165) is 29.9 Å². The molecule has 0 saturated carbocycles. The van der Waals surface area contributed by atoms with E-state index in [0.29, 0.717) is 24.4 Å². The number of rotatable bonds is 4. The Morgan fingerprint density at radius 2 is 2.03 bits per heavy atom. The largest absolute Gasteiger partial charge is 0.379 e. The lowest BCUT2D eigenvalue weighted by molar-refractivity contribution is -0.131. The number of hydrogen-bond donors (Lipinski definition) is 0. The fourth-order valence-electron chi connectivity index (χ4n) is 4.33. The molecule has 2 aliphatic rings. The van der Waals surface area contributed by atoms with Crippen molar-refractivity contribution in [2.75, 3.05) is 20.3 Å². The van der Waals surface area contributed by atoms with E-state index in [-0.39, 0.29) is 30.5 Å². The molecule has 0 N–H and O–H groups in total. The summed E-state index contributed by atoms with van der Waals surface area (Å²) in [6, 6.07) is 1.78. The molecule has 5 nitrogen and oxygen atoms in total. The van der Waals surface area contributed by atoms with E-state index in [1.54, 1.807) is 28.1 Å². The van der Waals surface area contributed by atoms with Crippen LogP contribution in [0.1, 0.15) is 29.3 Å². The van der Waals surface area contributed by atoms with Gasteiger partial charge in [0.15, 0.2) is 16.4 Å². The summed E-state index contributed by atoms with van der Waals surface area (Å²) in [5.74, 6) is -3.63. The monoisotopic (exact) mass is 425 g/mol. The zero-order chi connectivity index (χ0) is 20.9. The van der Waals surface area contributed by atoms with Crippen molar-refractivity contribution < 1.29 is 22.7 Å². The molecule has 0 spiro atoms. The van der Waals surface area contributed by atoms with Gasteiger partial charge in [0, 0.05) is 50.1 Å². The average molecular weight is 425 g/mol. The van der Waals surface area contributed by atoms with E-state index in [1.807, 2.05) is 0 Å². The van der Waals surface area contributed by atoms with Gasteiger partial charge in [-0.15, -0.1) is 0 Å². The molecule has 1 amide bonds. The van der Waals surface area contributed by atoms with Crippen LogP contribution in [0.4, 0.5) is 13.2 Å². The summed E-state index contributed by atoms with van der Waals surface area (Å²) in [6.45, 7) is 1.41. The van der Waals surface area contributed by atoms with E-state index < -0.39 is 23.4 Å². The van der Waals surface area contributed by atoms with Crippen molar-refractivity contribution in [3.8, 4) is 0 Å². The van der Waals surface area contributed by atoms with Gasteiger partial charge in [-0.05, 0) is 37.2 Å². The summed E-state index contributed by atoms with van der Waals surface area (Å²) in [7, 11) is 3.54. The molecule has 1 aromatic carbocycles. The van der Waals surface area contributed by atoms with Crippen LogP contribution < -0.4 is 0 Å². The molecule has 4 rings (SSSR count). The second-order valence-corrected chi connectivity index (χ2v) is 8.07. The van der Waals surface area contributed by atoms with Gasteiger partial charge in [0.2, 0.25) is 5.91 Å². The Kier molecular flexibility index (Phi) is 5.29. The number of likely N-dealkylation sites (N-methyl/N-ethyl adjacent to an activating group) is 1. The third-order valence-corrected chi connectivity index (χ3v) is 6.57. The van der Waals surface area contributed by atoms with Crippen molar-refractivity contribution in [2.24, 2.45) is 7.05 Å². The van der Waals surface area contributed by atoms with Crippen molar-refractivity contribution in [1.29, 1.82) is 0 Å².